The molecule has 0 amide bonds. The molecule has 6 nitrogen and oxygen atoms in total. The first kappa shape index (κ1) is 19.7. The highest BCUT2D eigenvalue weighted by Gasteiger charge is 2.35. The lowest BCUT2D eigenvalue weighted by Gasteiger charge is -2.32. The van der Waals surface area contributed by atoms with E-state index in [0.29, 0.717) is 24.4 Å². The van der Waals surface area contributed by atoms with Crippen LogP contribution >= 0.6 is 0 Å². The molecule has 0 bridgehead atoms. The van der Waals surface area contributed by atoms with Crippen LogP contribution in [0.3, 0.4) is 0 Å². The lowest BCUT2D eigenvalue weighted by molar-refractivity contribution is 0.184. The minimum Gasteiger partial charge on any atom is -0.372 e. The minimum absolute atomic E-state index is 0.190. The van der Waals surface area contributed by atoms with Gasteiger partial charge in [0.05, 0.1) is 56.9 Å². The molecule has 0 spiro atoms. The molecule has 4 aliphatic rings. The summed E-state index contributed by atoms with van der Waals surface area (Å²) in [5.41, 5.74) is 3.86. The van der Waals surface area contributed by atoms with Gasteiger partial charge in [0.1, 0.15) is 0 Å². The van der Waals surface area contributed by atoms with Crippen molar-refractivity contribution in [2.45, 2.75) is 30.5 Å². The van der Waals surface area contributed by atoms with Gasteiger partial charge in [-0.1, -0.05) is 42.5 Å². The predicted octanol–water partition coefficient (Wildman–Crippen LogP) is 2.48. The van der Waals surface area contributed by atoms with Gasteiger partial charge in [-0.25, -0.2) is 0 Å². The van der Waals surface area contributed by atoms with E-state index in [0.717, 1.165) is 52.6 Å². The highest BCUT2D eigenvalue weighted by molar-refractivity contribution is 5.50. The van der Waals surface area contributed by atoms with Gasteiger partial charge in [0.2, 0.25) is 0 Å². The fourth-order valence-electron chi connectivity index (χ4n) is 4.40. The zero-order valence-corrected chi connectivity index (χ0v) is 17.8. The van der Waals surface area contributed by atoms with Gasteiger partial charge < -0.3 is 23.8 Å². The van der Waals surface area contributed by atoms with Crippen LogP contribution in [0.25, 0.3) is 0 Å². The summed E-state index contributed by atoms with van der Waals surface area (Å²) < 4.78 is 22.1. The molecule has 4 heterocycles. The number of benzene rings is 2. The van der Waals surface area contributed by atoms with Crippen LogP contribution in [-0.2, 0) is 18.9 Å². The molecule has 0 N–H and O–H groups in total. The van der Waals surface area contributed by atoms with Gasteiger partial charge in [-0.3, -0.25) is 4.90 Å². The van der Waals surface area contributed by atoms with Crippen LogP contribution in [0, 0.1) is 0 Å². The van der Waals surface area contributed by atoms with Crippen LogP contribution in [0.5, 0.6) is 0 Å². The molecule has 4 saturated heterocycles. The summed E-state index contributed by atoms with van der Waals surface area (Å²) in [4.78, 5) is 4.94. The molecule has 4 fully saturated rings. The van der Waals surface area contributed by atoms with Crippen LogP contribution in [0.15, 0.2) is 54.6 Å². The third-order valence-electron chi connectivity index (χ3n) is 6.39. The van der Waals surface area contributed by atoms with E-state index in [4.69, 9.17) is 18.9 Å². The van der Waals surface area contributed by atoms with Crippen molar-refractivity contribution < 1.29 is 18.9 Å². The molecular weight excluding hydrogens is 392 g/mol. The van der Waals surface area contributed by atoms with Gasteiger partial charge in [-0.2, -0.15) is 0 Å². The fourth-order valence-corrected chi connectivity index (χ4v) is 4.40. The number of hydrogen-bond donors (Lipinski definition) is 0. The maximum absolute atomic E-state index is 5.59. The second-order valence-corrected chi connectivity index (χ2v) is 9.09. The van der Waals surface area contributed by atoms with Crippen molar-refractivity contribution in [2.24, 2.45) is 0 Å². The molecular formula is C25H30N2O4. The van der Waals surface area contributed by atoms with E-state index in [1.54, 1.807) is 0 Å². The van der Waals surface area contributed by atoms with E-state index in [-0.39, 0.29) is 6.04 Å². The van der Waals surface area contributed by atoms with E-state index >= 15 is 0 Å². The van der Waals surface area contributed by atoms with Gasteiger partial charge in [0, 0.05) is 31.9 Å². The highest BCUT2D eigenvalue weighted by Crippen LogP contribution is 2.33. The number of nitrogens with zero attached hydrogens (tertiary/aromatic N) is 2. The van der Waals surface area contributed by atoms with Gasteiger partial charge >= 0.3 is 0 Å². The smallest absolute Gasteiger partial charge is 0.0984 e. The monoisotopic (exact) mass is 422 g/mol. The maximum atomic E-state index is 5.59. The molecule has 0 radical (unpaired) electrons. The Hall–Kier alpha value is -1.96. The third-order valence-corrected chi connectivity index (χ3v) is 6.39. The molecule has 2 aromatic rings. The van der Waals surface area contributed by atoms with Crippen molar-refractivity contribution in [2.75, 3.05) is 57.5 Å². The first-order chi connectivity index (χ1) is 15.3. The van der Waals surface area contributed by atoms with E-state index in [1.165, 1.54) is 16.8 Å². The summed E-state index contributed by atoms with van der Waals surface area (Å²) in [7, 11) is 0. The van der Waals surface area contributed by atoms with Gasteiger partial charge in [-0.05, 0) is 23.3 Å². The Morgan fingerprint density at radius 1 is 0.613 bits per heavy atom. The van der Waals surface area contributed by atoms with Crippen molar-refractivity contribution in [3.8, 4) is 0 Å². The number of ether oxygens (including phenoxy) is 4. The summed E-state index contributed by atoms with van der Waals surface area (Å²) >= 11 is 0. The molecule has 4 aliphatic heterocycles. The largest absolute Gasteiger partial charge is 0.372 e. The standard InChI is InChI=1S/C25H30N2O4/c1-2-4-18(5-3-1)25(27(12-23-16-30-23)13-24-17-31-24)19-6-8-20(9-7-19)26(10-21-14-28-21)11-22-15-29-22/h1-9,21-25H,10-17H2. The van der Waals surface area contributed by atoms with E-state index < -0.39 is 0 Å². The molecule has 5 unspecified atom stereocenters. The summed E-state index contributed by atoms with van der Waals surface area (Å²) in [6, 6.07) is 20.1. The Balaban J connectivity index is 1.27. The Kier molecular flexibility index (Phi) is 5.42. The Bertz CT molecular complexity index is 833. The lowest BCUT2D eigenvalue weighted by atomic mass is 9.96. The first-order valence-corrected chi connectivity index (χ1v) is 11.4. The van der Waals surface area contributed by atoms with Gasteiger partial charge in [-0.15, -0.1) is 0 Å². The average molecular weight is 423 g/mol. The Morgan fingerprint density at radius 2 is 1.06 bits per heavy atom. The van der Waals surface area contributed by atoms with Gasteiger partial charge in [0.25, 0.3) is 0 Å². The summed E-state index contributed by atoms with van der Waals surface area (Å²) in [5.74, 6) is 0. The van der Waals surface area contributed by atoms with E-state index in [9.17, 15) is 0 Å². The van der Waals surface area contributed by atoms with Crippen LogP contribution in [0.1, 0.15) is 17.2 Å². The van der Waals surface area contributed by atoms with Crippen LogP contribution < -0.4 is 4.90 Å². The highest BCUT2D eigenvalue weighted by atomic mass is 16.6. The average Bonchev–Trinajstić information content (AvgIpc) is 3.63. The van der Waals surface area contributed by atoms with Crippen molar-refractivity contribution >= 4 is 5.69 Å². The molecule has 0 aliphatic carbocycles. The zero-order chi connectivity index (χ0) is 20.6. The van der Waals surface area contributed by atoms with Crippen molar-refractivity contribution in [1.82, 2.24) is 4.90 Å². The summed E-state index contributed by atoms with van der Waals surface area (Å²) in [6.45, 7) is 7.22. The molecule has 0 saturated carbocycles. The topological polar surface area (TPSA) is 56.6 Å². The normalized spacial score (nSPS) is 28.9. The van der Waals surface area contributed by atoms with Crippen molar-refractivity contribution in [3.05, 3.63) is 65.7 Å². The number of rotatable bonds is 12. The lowest BCUT2D eigenvalue weighted by Crippen LogP contribution is -2.36. The number of epoxide rings is 4. The van der Waals surface area contributed by atoms with Crippen LogP contribution in [0.2, 0.25) is 0 Å². The predicted molar refractivity (Wildman–Crippen MR) is 117 cm³/mol. The number of anilines is 1. The molecule has 5 atom stereocenters. The van der Waals surface area contributed by atoms with Crippen LogP contribution in [0.4, 0.5) is 5.69 Å². The van der Waals surface area contributed by atoms with Gasteiger partial charge in [0.15, 0.2) is 0 Å². The Labute approximate surface area is 183 Å². The van der Waals surface area contributed by atoms with E-state index in [1.807, 2.05) is 0 Å². The zero-order valence-electron chi connectivity index (χ0n) is 17.8. The van der Waals surface area contributed by atoms with Crippen LogP contribution in [-0.4, -0.2) is 81.9 Å². The molecule has 164 valence electrons. The quantitative estimate of drug-likeness (QED) is 0.490. The maximum Gasteiger partial charge on any atom is 0.0984 e. The second kappa shape index (κ2) is 8.52. The summed E-state index contributed by atoms with van der Waals surface area (Å²) in [6.07, 6.45) is 1.42. The Morgan fingerprint density at radius 3 is 1.55 bits per heavy atom. The van der Waals surface area contributed by atoms with Crippen molar-refractivity contribution in [3.63, 3.8) is 0 Å². The fraction of sp³-hybridized carbons (Fsp3) is 0.520. The van der Waals surface area contributed by atoms with E-state index in [2.05, 4.69) is 64.4 Å². The SMILES string of the molecule is c1ccc(C(c2ccc(N(CC3CO3)CC3CO3)cc2)N(CC2CO2)CC2CO2)cc1. The molecule has 6 heteroatoms. The molecule has 6 rings (SSSR count). The molecule has 0 aromatic heterocycles. The first-order valence-electron chi connectivity index (χ1n) is 11.4. The molecule has 2 aromatic carbocycles. The minimum atomic E-state index is 0.190. The van der Waals surface area contributed by atoms with Crippen molar-refractivity contribution in [1.29, 1.82) is 0 Å². The second-order valence-electron chi connectivity index (χ2n) is 9.09. The summed E-state index contributed by atoms with van der Waals surface area (Å²) in [5, 5.41) is 0. The third kappa shape index (κ3) is 5.27. The number of hydrogen-bond acceptors (Lipinski definition) is 6. The molecule has 31 heavy (non-hydrogen) atoms.